The Morgan fingerprint density at radius 2 is 1.61 bits per heavy atom. The number of rotatable bonds is 10. The smallest absolute Gasteiger partial charge is 0.272 e. The van der Waals surface area contributed by atoms with Crippen LogP contribution in [0.15, 0.2) is 18.6 Å². The summed E-state index contributed by atoms with van der Waals surface area (Å²) >= 11 is 0. The first-order valence-electron chi connectivity index (χ1n) is 19.8. The first-order valence-corrected chi connectivity index (χ1v) is 19.8. The molecule has 3 heterocycles. The van der Waals surface area contributed by atoms with E-state index in [0.717, 1.165) is 77.0 Å². The van der Waals surface area contributed by atoms with E-state index in [1.165, 1.54) is 18.6 Å². The Hall–Kier alpha value is -3.57. The molecule has 5 fully saturated rings. The van der Waals surface area contributed by atoms with Crippen molar-refractivity contribution in [2.24, 2.45) is 35.0 Å². The fraction of sp³-hybridized carbons (Fsp3) is 0.769. The lowest BCUT2D eigenvalue weighted by Crippen LogP contribution is -2.64. The zero-order valence-electron chi connectivity index (χ0n) is 31.0. The molecule has 1 aromatic rings. The van der Waals surface area contributed by atoms with Crippen LogP contribution in [-0.4, -0.2) is 81.2 Å². The van der Waals surface area contributed by atoms with E-state index < -0.39 is 35.4 Å². The summed E-state index contributed by atoms with van der Waals surface area (Å²) in [6, 6.07) is -2.48. The molecule has 4 N–H and O–H groups in total. The van der Waals surface area contributed by atoms with E-state index >= 15 is 0 Å². The van der Waals surface area contributed by atoms with Crippen molar-refractivity contribution in [3.8, 4) is 0 Å². The van der Waals surface area contributed by atoms with Crippen LogP contribution in [0.5, 0.6) is 0 Å². The summed E-state index contributed by atoms with van der Waals surface area (Å²) in [5, 5.41) is 12.6. The number of carbonyl (C=O) groups excluding carboxylic acids is 5. The summed E-state index contributed by atoms with van der Waals surface area (Å²) < 4.78 is 0. The summed E-state index contributed by atoms with van der Waals surface area (Å²) in [5.74, 6) is -1.37. The molecule has 3 saturated carbocycles. The fourth-order valence-corrected chi connectivity index (χ4v) is 9.68. The molecule has 8 atom stereocenters. The molecule has 0 bridgehead atoms. The maximum atomic E-state index is 14.8. The van der Waals surface area contributed by atoms with Crippen LogP contribution in [0.3, 0.4) is 0 Å². The van der Waals surface area contributed by atoms with Crippen molar-refractivity contribution < 1.29 is 24.0 Å². The van der Waals surface area contributed by atoms with E-state index in [4.69, 9.17) is 0 Å². The van der Waals surface area contributed by atoms with Crippen LogP contribution in [0.4, 0.5) is 0 Å². The molecular weight excluding hydrogens is 646 g/mol. The average molecular weight is 706 g/mol. The van der Waals surface area contributed by atoms with Gasteiger partial charge >= 0.3 is 0 Å². The number of carbonyl (C=O) groups is 5. The lowest BCUT2D eigenvalue weighted by Gasteiger charge is -2.47. The maximum Gasteiger partial charge on any atom is 0.272 e. The van der Waals surface area contributed by atoms with E-state index in [-0.39, 0.29) is 65.1 Å². The van der Waals surface area contributed by atoms with Crippen LogP contribution in [0, 0.1) is 35.0 Å². The Balaban J connectivity index is 1.25. The van der Waals surface area contributed by atoms with Gasteiger partial charge in [-0.2, -0.15) is 0 Å². The van der Waals surface area contributed by atoms with Crippen LogP contribution in [0.1, 0.15) is 128 Å². The normalized spacial score (nSPS) is 29.6. The molecule has 2 aliphatic heterocycles. The molecule has 3 aliphatic carbocycles. The molecule has 280 valence electrons. The Bertz CT molecular complexity index is 1420. The Labute approximate surface area is 302 Å². The maximum absolute atomic E-state index is 14.8. The Kier molecular flexibility index (Phi) is 11.7. The fourth-order valence-electron chi connectivity index (χ4n) is 9.68. The van der Waals surface area contributed by atoms with Crippen molar-refractivity contribution in [2.75, 3.05) is 6.54 Å². The third-order valence-corrected chi connectivity index (χ3v) is 12.4. The van der Waals surface area contributed by atoms with Crippen molar-refractivity contribution in [2.45, 2.75) is 148 Å². The SMILES string of the molecule is CCC[C@@H]1NC(=O)[C@@H]2[C@H](CCN2C(=O)[C@@H](NC(=O)[C@@H](NC(=O)c2cnccn2)C2CCCCC2)C(C)(C)C)C2CCCCC2C1C(=O)NC1CC1. The third kappa shape index (κ3) is 8.40. The van der Waals surface area contributed by atoms with Crippen molar-refractivity contribution in [3.05, 3.63) is 24.3 Å². The van der Waals surface area contributed by atoms with Gasteiger partial charge in [0.2, 0.25) is 23.6 Å². The number of hydrogen-bond acceptors (Lipinski definition) is 7. The van der Waals surface area contributed by atoms with E-state index in [9.17, 15) is 24.0 Å². The zero-order valence-corrected chi connectivity index (χ0v) is 31.0. The molecule has 51 heavy (non-hydrogen) atoms. The van der Waals surface area contributed by atoms with Crippen molar-refractivity contribution >= 4 is 29.5 Å². The molecule has 5 aliphatic rings. The number of hydrogen-bond donors (Lipinski definition) is 4. The van der Waals surface area contributed by atoms with E-state index in [0.29, 0.717) is 19.4 Å². The topological polar surface area (TPSA) is 162 Å². The minimum Gasteiger partial charge on any atom is -0.353 e. The van der Waals surface area contributed by atoms with Gasteiger partial charge in [-0.05, 0) is 80.5 Å². The van der Waals surface area contributed by atoms with Crippen LogP contribution < -0.4 is 21.3 Å². The summed E-state index contributed by atoms with van der Waals surface area (Å²) in [6.07, 6.45) is 17.2. The highest BCUT2D eigenvalue weighted by molar-refractivity contribution is 5.98. The van der Waals surface area contributed by atoms with E-state index in [1.54, 1.807) is 4.90 Å². The summed E-state index contributed by atoms with van der Waals surface area (Å²) in [5.41, 5.74) is -0.554. The third-order valence-electron chi connectivity index (χ3n) is 12.4. The first-order chi connectivity index (χ1) is 24.5. The van der Waals surface area contributed by atoms with E-state index in [1.807, 2.05) is 20.8 Å². The second-order valence-corrected chi connectivity index (χ2v) is 17.0. The van der Waals surface area contributed by atoms with Crippen LogP contribution >= 0.6 is 0 Å². The summed E-state index contributed by atoms with van der Waals surface area (Å²) in [7, 11) is 0. The lowest BCUT2D eigenvalue weighted by atomic mass is 9.62. The monoisotopic (exact) mass is 705 g/mol. The van der Waals surface area contributed by atoms with Gasteiger partial charge in [-0.25, -0.2) is 4.98 Å². The van der Waals surface area contributed by atoms with Crippen molar-refractivity contribution in [1.82, 2.24) is 36.1 Å². The number of amides is 5. The molecule has 0 radical (unpaired) electrons. The van der Waals surface area contributed by atoms with Gasteiger partial charge in [0, 0.05) is 31.0 Å². The minimum atomic E-state index is -0.924. The minimum absolute atomic E-state index is 0.0596. The molecule has 5 amide bonds. The predicted molar refractivity (Wildman–Crippen MR) is 192 cm³/mol. The Morgan fingerprint density at radius 3 is 2.25 bits per heavy atom. The highest BCUT2D eigenvalue weighted by Crippen LogP contribution is 2.48. The standard InChI is InChI=1S/C39H59N7O5/c1-5-11-28-30(35(48)42-24-16-17-24)26-15-10-9-14-25(26)27-18-21-46(32(27)37(50)43-28)38(51)33(39(2,3)4)45-36(49)31(23-12-7-6-8-13-23)44-34(47)29-22-40-19-20-41-29/h19-20,22-28,30-33H,5-18,21H2,1-4H3,(H,42,48)(H,43,50)(H,44,47)(H,45,49)/t25?,26?,27-,28+,30?,31+,32+,33-/m1/s1. The average Bonchev–Trinajstić information content (AvgIpc) is 3.82. The van der Waals surface area contributed by atoms with Crippen LogP contribution in [-0.2, 0) is 19.2 Å². The summed E-state index contributed by atoms with van der Waals surface area (Å²) in [6.45, 7) is 8.27. The molecular formula is C39H59N7O5. The van der Waals surface area contributed by atoms with Gasteiger partial charge in [0.1, 0.15) is 23.8 Å². The molecule has 0 aromatic carbocycles. The summed E-state index contributed by atoms with van der Waals surface area (Å²) in [4.78, 5) is 80.4. The quantitative estimate of drug-likeness (QED) is 0.287. The second kappa shape index (κ2) is 16.0. The number of nitrogens with zero attached hydrogens (tertiary/aromatic N) is 3. The first kappa shape index (κ1) is 37.2. The zero-order chi connectivity index (χ0) is 36.3. The largest absolute Gasteiger partial charge is 0.353 e. The van der Waals surface area contributed by atoms with Crippen molar-refractivity contribution in [1.29, 1.82) is 0 Å². The van der Waals surface area contributed by atoms with E-state index in [2.05, 4.69) is 38.2 Å². The molecule has 12 heteroatoms. The Morgan fingerprint density at radius 1 is 0.902 bits per heavy atom. The van der Waals surface area contributed by atoms with Gasteiger partial charge in [-0.3, -0.25) is 29.0 Å². The molecule has 2 saturated heterocycles. The number of nitrogens with one attached hydrogen (secondary N) is 4. The van der Waals surface area contributed by atoms with Gasteiger partial charge < -0.3 is 26.2 Å². The molecule has 1 aromatic heterocycles. The van der Waals surface area contributed by atoms with Crippen LogP contribution in [0.2, 0.25) is 0 Å². The lowest BCUT2D eigenvalue weighted by molar-refractivity contribution is -0.148. The number of fused-ring (bicyclic) bond motifs is 3. The number of aromatic nitrogens is 2. The van der Waals surface area contributed by atoms with Gasteiger partial charge in [-0.15, -0.1) is 0 Å². The number of likely N-dealkylation sites (tertiary alicyclic amines) is 1. The predicted octanol–water partition coefficient (Wildman–Crippen LogP) is 3.90. The second-order valence-electron chi connectivity index (χ2n) is 17.0. The van der Waals surface area contributed by atoms with Gasteiger partial charge in [0.25, 0.3) is 5.91 Å². The van der Waals surface area contributed by atoms with Crippen molar-refractivity contribution in [3.63, 3.8) is 0 Å². The highest BCUT2D eigenvalue weighted by Gasteiger charge is 2.55. The van der Waals surface area contributed by atoms with Crippen LogP contribution in [0.25, 0.3) is 0 Å². The van der Waals surface area contributed by atoms with Gasteiger partial charge in [0.05, 0.1) is 12.1 Å². The molecule has 6 rings (SSSR count). The highest BCUT2D eigenvalue weighted by atomic mass is 16.2. The molecule has 3 unspecified atom stereocenters. The molecule has 0 spiro atoms. The van der Waals surface area contributed by atoms with Gasteiger partial charge in [0.15, 0.2) is 0 Å². The van der Waals surface area contributed by atoms with Gasteiger partial charge in [-0.1, -0.05) is 66.2 Å². The molecule has 12 nitrogen and oxygen atoms in total.